The molecule has 1 aliphatic heterocycles. The van der Waals surface area contributed by atoms with Crippen LogP contribution in [0.3, 0.4) is 0 Å². The maximum atomic E-state index is 12.5. The van der Waals surface area contributed by atoms with Crippen molar-refractivity contribution < 1.29 is 4.79 Å². The highest BCUT2D eigenvalue weighted by Gasteiger charge is 2.45. The van der Waals surface area contributed by atoms with Crippen molar-refractivity contribution in [3.8, 4) is 17.3 Å². The number of anilines is 1. The number of aromatic amines is 1. The molecule has 1 saturated carbocycles. The maximum absolute atomic E-state index is 12.5. The summed E-state index contributed by atoms with van der Waals surface area (Å²) in [6.45, 7) is 2.74. The summed E-state index contributed by atoms with van der Waals surface area (Å²) < 4.78 is 1.73. The van der Waals surface area contributed by atoms with E-state index in [0.29, 0.717) is 24.5 Å². The number of nitrogens with zero attached hydrogens (tertiary/aromatic N) is 6. The van der Waals surface area contributed by atoms with Gasteiger partial charge in [0.1, 0.15) is 5.65 Å². The third-order valence-corrected chi connectivity index (χ3v) is 6.19. The molecule has 1 N–H and O–H groups in total. The van der Waals surface area contributed by atoms with E-state index < -0.39 is 0 Å². The Morgan fingerprint density at radius 1 is 1.34 bits per heavy atom. The molecule has 1 amide bonds. The highest BCUT2D eigenvalue weighted by Crippen LogP contribution is 2.41. The van der Waals surface area contributed by atoms with Crippen LogP contribution >= 0.6 is 11.6 Å². The minimum Gasteiger partial charge on any atom is -0.367 e. The van der Waals surface area contributed by atoms with E-state index in [-0.39, 0.29) is 17.7 Å². The molecule has 2 aliphatic rings. The van der Waals surface area contributed by atoms with Gasteiger partial charge in [0.2, 0.25) is 5.91 Å². The number of hydrogen-bond donors (Lipinski definition) is 1. The maximum Gasteiger partial charge on any atom is 0.227 e. The minimum atomic E-state index is -0.0969. The molecule has 0 radical (unpaired) electrons. The topological polar surface area (TPSA) is 93.8 Å². The van der Waals surface area contributed by atoms with E-state index in [2.05, 4.69) is 26.0 Å². The van der Waals surface area contributed by atoms with Gasteiger partial charge >= 0.3 is 0 Å². The molecule has 1 aliphatic carbocycles. The number of H-pyrrole nitrogens is 1. The number of amides is 1. The van der Waals surface area contributed by atoms with Crippen molar-refractivity contribution in [2.75, 3.05) is 31.1 Å². The van der Waals surface area contributed by atoms with Crippen molar-refractivity contribution in [2.45, 2.75) is 6.42 Å². The molecule has 3 aromatic rings. The summed E-state index contributed by atoms with van der Waals surface area (Å²) in [5.74, 6) is -0.0696. The SMILES string of the molecule is Cn1cc(-c2[nH]c3nccc(N4CCN(C(=O)[C@H]5C[C@H]5C#N)CC4)c3c2Cl)cn1. The molecular weight excluding hydrogens is 390 g/mol. The van der Waals surface area contributed by atoms with Crippen molar-refractivity contribution in [2.24, 2.45) is 18.9 Å². The van der Waals surface area contributed by atoms with Crippen LogP contribution in [0.4, 0.5) is 5.69 Å². The van der Waals surface area contributed by atoms with E-state index in [1.165, 1.54) is 0 Å². The molecule has 0 aromatic carbocycles. The monoisotopic (exact) mass is 409 g/mol. The van der Waals surface area contributed by atoms with Gasteiger partial charge in [-0.2, -0.15) is 10.4 Å². The molecule has 2 fully saturated rings. The van der Waals surface area contributed by atoms with E-state index >= 15 is 0 Å². The Morgan fingerprint density at radius 3 is 2.79 bits per heavy atom. The van der Waals surface area contributed by atoms with E-state index in [4.69, 9.17) is 16.9 Å². The van der Waals surface area contributed by atoms with Crippen LogP contribution in [-0.2, 0) is 11.8 Å². The number of nitrogens with one attached hydrogen (secondary N) is 1. The minimum absolute atomic E-state index is 0.0927. The smallest absolute Gasteiger partial charge is 0.227 e. The van der Waals surface area contributed by atoms with Crippen LogP contribution in [0.5, 0.6) is 0 Å². The zero-order valence-electron chi connectivity index (χ0n) is 16.0. The summed E-state index contributed by atoms with van der Waals surface area (Å²) in [6.07, 6.45) is 6.16. The Hall–Kier alpha value is -3.05. The number of hydrogen-bond acceptors (Lipinski definition) is 5. The van der Waals surface area contributed by atoms with Crippen LogP contribution in [0.25, 0.3) is 22.3 Å². The first kappa shape index (κ1) is 18.0. The lowest BCUT2D eigenvalue weighted by Gasteiger charge is -2.36. The lowest BCUT2D eigenvalue weighted by Crippen LogP contribution is -2.49. The predicted octanol–water partition coefficient (Wildman–Crippen LogP) is 2.43. The van der Waals surface area contributed by atoms with E-state index in [1.807, 2.05) is 24.2 Å². The number of fused-ring (bicyclic) bond motifs is 1. The Bertz CT molecular complexity index is 1140. The first-order chi connectivity index (χ1) is 14.1. The second-order valence-corrected chi connectivity index (χ2v) is 8.04. The van der Waals surface area contributed by atoms with Crippen molar-refractivity contribution in [1.29, 1.82) is 5.26 Å². The Labute approximate surface area is 172 Å². The molecule has 148 valence electrons. The lowest BCUT2D eigenvalue weighted by molar-refractivity contribution is -0.133. The molecule has 5 rings (SSSR count). The molecule has 3 aromatic heterocycles. The number of carbonyl (C=O) groups excluding carboxylic acids is 1. The average molecular weight is 410 g/mol. The number of piperazine rings is 1. The third kappa shape index (κ3) is 3.02. The molecule has 2 atom stereocenters. The number of aromatic nitrogens is 4. The van der Waals surface area contributed by atoms with Gasteiger partial charge in [-0.3, -0.25) is 9.48 Å². The summed E-state index contributed by atoms with van der Waals surface area (Å²) in [5, 5.41) is 14.7. The Balaban J connectivity index is 1.39. The fourth-order valence-corrected chi connectivity index (χ4v) is 4.43. The largest absolute Gasteiger partial charge is 0.367 e. The van der Waals surface area contributed by atoms with Crippen molar-refractivity contribution in [3.05, 3.63) is 29.7 Å². The highest BCUT2D eigenvalue weighted by molar-refractivity contribution is 6.39. The lowest BCUT2D eigenvalue weighted by atomic mass is 10.2. The standard InChI is InChI=1S/C20H20ClN7O/c1-26-11-13(10-24-26)18-17(21)16-15(2-3-23-19(16)25-18)27-4-6-28(7-5-27)20(29)14-8-12(14)9-22/h2-3,10-12,14H,4-8H2,1H3,(H,23,25)/t12-,14-/m0/s1. The fourth-order valence-electron chi connectivity index (χ4n) is 4.09. The van der Waals surface area contributed by atoms with Crippen molar-refractivity contribution in [3.63, 3.8) is 0 Å². The quantitative estimate of drug-likeness (QED) is 0.717. The zero-order valence-corrected chi connectivity index (χ0v) is 16.7. The predicted molar refractivity (Wildman–Crippen MR) is 109 cm³/mol. The molecule has 4 heterocycles. The molecule has 8 nitrogen and oxygen atoms in total. The molecule has 1 saturated heterocycles. The zero-order chi connectivity index (χ0) is 20.1. The summed E-state index contributed by atoms with van der Waals surface area (Å²) >= 11 is 6.76. The first-order valence-electron chi connectivity index (χ1n) is 9.65. The third-order valence-electron chi connectivity index (χ3n) is 5.81. The van der Waals surface area contributed by atoms with Gasteiger partial charge in [-0.1, -0.05) is 11.6 Å². The first-order valence-corrected chi connectivity index (χ1v) is 10.0. The van der Waals surface area contributed by atoms with Crippen LogP contribution in [0.15, 0.2) is 24.7 Å². The number of pyridine rings is 1. The van der Waals surface area contributed by atoms with Gasteiger partial charge in [0.15, 0.2) is 0 Å². The Morgan fingerprint density at radius 2 is 2.14 bits per heavy atom. The second kappa shape index (κ2) is 6.78. The molecule has 0 spiro atoms. The van der Waals surface area contributed by atoms with Gasteiger partial charge in [-0.15, -0.1) is 0 Å². The number of nitriles is 1. The van der Waals surface area contributed by atoms with Crippen LogP contribution in [0.2, 0.25) is 5.02 Å². The van der Waals surface area contributed by atoms with Crippen molar-refractivity contribution >= 4 is 34.2 Å². The molecule has 29 heavy (non-hydrogen) atoms. The molecule has 0 bridgehead atoms. The van der Waals surface area contributed by atoms with Gasteiger partial charge in [0.05, 0.1) is 45.9 Å². The summed E-state index contributed by atoms with van der Waals surface area (Å²) in [5.41, 5.74) is 3.47. The number of carbonyl (C=O) groups is 1. The number of aryl methyl sites for hydroxylation is 1. The fraction of sp³-hybridized carbons (Fsp3) is 0.400. The second-order valence-electron chi connectivity index (χ2n) is 7.66. The molecular formula is C20H20ClN7O. The molecule has 0 unspecified atom stereocenters. The van der Waals surface area contributed by atoms with Gasteiger partial charge < -0.3 is 14.8 Å². The Kier molecular flexibility index (Phi) is 4.21. The highest BCUT2D eigenvalue weighted by atomic mass is 35.5. The summed E-state index contributed by atoms with van der Waals surface area (Å²) in [7, 11) is 1.87. The summed E-state index contributed by atoms with van der Waals surface area (Å²) in [4.78, 5) is 24.4. The number of halogens is 1. The van der Waals surface area contributed by atoms with Crippen LogP contribution in [-0.4, -0.2) is 56.7 Å². The van der Waals surface area contributed by atoms with Gasteiger partial charge in [-0.05, 0) is 12.5 Å². The van der Waals surface area contributed by atoms with Gasteiger partial charge in [-0.25, -0.2) is 4.98 Å². The van der Waals surface area contributed by atoms with Crippen LogP contribution < -0.4 is 4.90 Å². The van der Waals surface area contributed by atoms with Crippen LogP contribution in [0.1, 0.15) is 6.42 Å². The van der Waals surface area contributed by atoms with E-state index in [9.17, 15) is 4.79 Å². The van der Waals surface area contributed by atoms with Gasteiger partial charge in [0.25, 0.3) is 0 Å². The van der Waals surface area contributed by atoms with Gasteiger partial charge in [0, 0.05) is 51.2 Å². The van der Waals surface area contributed by atoms with E-state index in [0.717, 1.165) is 41.1 Å². The van der Waals surface area contributed by atoms with Crippen LogP contribution in [0, 0.1) is 23.2 Å². The molecule has 9 heteroatoms. The average Bonchev–Trinajstić information content (AvgIpc) is 3.30. The number of rotatable bonds is 3. The normalized spacial score (nSPS) is 21.4. The summed E-state index contributed by atoms with van der Waals surface area (Å²) in [6, 6.07) is 4.17. The van der Waals surface area contributed by atoms with Crippen molar-refractivity contribution in [1.82, 2.24) is 24.6 Å². The van der Waals surface area contributed by atoms with E-state index in [1.54, 1.807) is 17.1 Å².